The summed E-state index contributed by atoms with van der Waals surface area (Å²) < 4.78 is 0. The van der Waals surface area contributed by atoms with Crippen LogP contribution in [0.1, 0.15) is 33.3 Å². The van der Waals surface area contributed by atoms with Crippen LogP contribution in [0.4, 0.5) is 0 Å². The molecule has 0 fully saturated rings. The van der Waals surface area contributed by atoms with E-state index in [1.54, 1.807) is 0 Å². The molecular formula is C13H22N2. The van der Waals surface area contributed by atoms with Crippen molar-refractivity contribution in [2.45, 2.75) is 38.8 Å². The van der Waals surface area contributed by atoms with Gasteiger partial charge in [0.05, 0.1) is 0 Å². The average Bonchev–Trinajstić information content (AvgIpc) is 2.16. The van der Waals surface area contributed by atoms with Crippen LogP contribution in [0, 0.1) is 0 Å². The second-order valence-corrected chi connectivity index (χ2v) is 5.33. The minimum absolute atomic E-state index is 0.0299. The molecule has 2 heteroatoms. The van der Waals surface area contributed by atoms with Crippen LogP contribution in [0.5, 0.6) is 0 Å². The van der Waals surface area contributed by atoms with Gasteiger partial charge in [0.15, 0.2) is 0 Å². The fourth-order valence-corrected chi connectivity index (χ4v) is 1.41. The molecule has 0 amide bonds. The summed E-state index contributed by atoms with van der Waals surface area (Å²) in [4.78, 5) is 0. The van der Waals surface area contributed by atoms with Gasteiger partial charge in [0, 0.05) is 17.6 Å². The maximum atomic E-state index is 5.96. The van der Waals surface area contributed by atoms with Crippen LogP contribution in [-0.4, -0.2) is 12.1 Å². The van der Waals surface area contributed by atoms with Crippen LogP contribution in [0.3, 0.4) is 0 Å². The van der Waals surface area contributed by atoms with Crippen LogP contribution in [0.25, 0.3) is 0 Å². The SMILES string of the molecule is CC(C)(N)CNC(C)(C)c1ccccc1. The normalized spacial score (nSPS) is 12.9. The highest BCUT2D eigenvalue weighted by molar-refractivity contribution is 5.22. The zero-order valence-electron chi connectivity index (χ0n) is 10.2. The highest BCUT2D eigenvalue weighted by Gasteiger charge is 2.22. The van der Waals surface area contributed by atoms with Gasteiger partial charge in [0.2, 0.25) is 0 Å². The van der Waals surface area contributed by atoms with E-state index in [-0.39, 0.29) is 11.1 Å². The van der Waals surface area contributed by atoms with E-state index < -0.39 is 0 Å². The first-order valence-electron chi connectivity index (χ1n) is 5.41. The standard InChI is InChI=1S/C13H22N2/c1-12(2,14)10-15-13(3,4)11-8-6-5-7-9-11/h5-9,15H,10,14H2,1-4H3. The van der Waals surface area contributed by atoms with Gasteiger partial charge in [-0.25, -0.2) is 0 Å². The van der Waals surface area contributed by atoms with E-state index in [9.17, 15) is 0 Å². The first-order valence-corrected chi connectivity index (χ1v) is 5.41. The Balaban J connectivity index is 2.68. The van der Waals surface area contributed by atoms with Crippen LogP contribution in [0.15, 0.2) is 30.3 Å². The molecule has 0 radical (unpaired) electrons. The Kier molecular flexibility index (Phi) is 3.53. The fraction of sp³-hybridized carbons (Fsp3) is 0.538. The molecule has 84 valence electrons. The Hall–Kier alpha value is -0.860. The summed E-state index contributed by atoms with van der Waals surface area (Å²) in [5.41, 5.74) is 7.04. The van der Waals surface area contributed by atoms with Crippen molar-refractivity contribution in [3.05, 3.63) is 35.9 Å². The smallest absolute Gasteiger partial charge is 0.0378 e. The lowest BCUT2D eigenvalue weighted by atomic mass is 9.93. The van der Waals surface area contributed by atoms with Gasteiger partial charge in [-0.15, -0.1) is 0 Å². The molecule has 1 rings (SSSR count). The lowest BCUT2D eigenvalue weighted by Gasteiger charge is -2.31. The number of nitrogens with one attached hydrogen (secondary N) is 1. The van der Waals surface area contributed by atoms with E-state index >= 15 is 0 Å². The monoisotopic (exact) mass is 206 g/mol. The third-order valence-electron chi connectivity index (χ3n) is 2.48. The molecule has 0 bridgehead atoms. The molecular weight excluding hydrogens is 184 g/mol. The van der Waals surface area contributed by atoms with Crippen molar-refractivity contribution in [3.8, 4) is 0 Å². The minimum Gasteiger partial charge on any atom is -0.324 e. The van der Waals surface area contributed by atoms with Gasteiger partial charge in [-0.2, -0.15) is 0 Å². The van der Waals surface area contributed by atoms with Crippen molar-refractivity contribution in [1.29, 1.82) is 0 Å². The Morgan fingerprint density at radius 2 is 1.60 bits per heavy atom. The van der Waals surface area contributed by atoms with Gasteiger partial charge in [-0.3, -0.25) is 0 Å². The number of hydrogen-bond acceptors (Lipinski definition) is 2. The third-order valence-corrected chi connectivity index (χ3v) is 2.48. The molecule has 2 nitrogen and oxygen atoms in total. The molecule has 1 aromatic rings. The minimum atomic E-state index is -0.175. The predicted octanol–water partition coefficient (Wildman–Crippen LogP) is 2.25. The summed E-state index contributed by atoms with van der Waals surface area (Å²) in [7, 11) is 0. The fourth-order valence-electron chi connectivity index (χ4n) is 1.41. The summed E-state index contributed by atoms with van der Waals surface area (Å²) in [6, 6.07) is 10.4. The van der Waals surface area contributed by atoms with E-state index in [4.69, 9.17) is 5.73 Å². The molecule has 15 heavy (non-hydrogen) atoms. The van der Waals surface area contributed by atoms with Crippen LogP contribution in [-0.2, 0) is 5.54 Å². The van der Waals surface area contributed by atoms with Gasteiger partial charge in [0.25, 0.3) is 0 Å². The zero-order chi connectivity index (χ0) is 11.5. The van der Waals surface area contributed by atoms with Gasteiger partial charge in [0.1, 0.15) is 0 Å². The lowest BCUT2D eigenvalue weighted by molar-refractivity contribution is 0.348. The van der Waals surface area contributed by atoms with Gasteiger partial charge >= 0.3 is 0 Å². The molecule has 0 unspecified atom stereocenters. The van der Waals surface area contributed by atoms with E-state index in [1.807, 2.05) is 19.9 Å². The summed E-state index contributed by atoms with van der Waals surface area (Å²) in [6.07, 6.45) is 0. The van der Waals surface area contributed by atoms with Crippen molar-refractivity contribution in [2.75, 3.05) is 6.54 Å². The Bertz CT molecular complexity index is 296. The molecule has 3 N–H and O–H groups in total. The number of benzene rings is 1. The second-order valence-electron chi connectivity index (χ2n) is 5.33. The predicted molar refractivity (Wildman–Crippen MR) is 65.7 cm³/mol. The first-order chi connectivity index (χ1) is 6.81. The summed E-state index contributed by atoms with van der Waals surface area (Å²) in [5, 5.41) is 3.49. The summed E-state index contributed by atoms with van der Waals surface area (Å²) in [6.45, 7) is 9.21. The van der Waals surface area contributed by atoms with Crippen molar-refractivity contribution in [1.82, 2.24) is 5.32 Å². The number of rotatable bonds is 4. The Labute approximate surface area is 92.9 Å². The summed E-state index contributed by atoms with van der Waals surface area (Å²) in [5.74, 6) is 0. The van der Waals surface area contributed by atoms with Gasteiger partial charge in [-0.05, 0) is 33.3 Å². The zero-order valence-corrected chi connectivity index (χ0v) is 10.2. The van der Waals surface area contributed by atoms with Crippen molar-refractivity contribution >= 4 is 0 Å². The third kappa shape index (κ3) is 4.02. The molecule has 0 atom stereocenters. The quantitative estimate of drug-likeness (QED) is 0.793. The molecule has 1 aromatic carbocycles. The van der Waals surface area contributed by atoms with E-state index in [0.717, 1.165) is 6.54 Å². The summed E-state index contributed by atoms with van der Waals surface area (Å²) >= 11 is 0. The second kappa shape index (κ2) is 4.33. The first kappa shape index (κ1) is 12.2. The Morgan fingerprint density at radius 3 is 2.07 bits per heavy atom. The molecule has 0 aliphatic carbocycles. The van der Waals surface area contributed by atoms with Crippen molar-refractivity contribution in [2.24, 2.45) is 5.73 Å². The van der Waals surface area contributed by atoms with Crippen LogP contribution >= 0.6 is 0 Å². The molecule has 0 saturated heterocycles. The maximum Gasteiger partial charge on any atom is 0.0378 e. The van der Waals surface area contributed by atoms with E-state index in [2.05, 4.69) is 43.4 Å². The molecule has 0 aromatic heterocycles. The van der Waals surface area contributed by atoms with E-state index in [1.165, 1.54) is 5.56 Å². The highest BCUT2D eigenvalue weighted by atomic mass is 15.0. The number of hydrogen-bond donors (Lipinski definition) is 2. The highest BCUT2D eigenvalue weighted by Crippen LogP contribution is 2.19. The van der Waals surface area contributed by atoms with Crippen LogP contribution < -0.4 is 11.1 Å². The van der Waals surface area contributed by atoms with Gasteiger partial charge in [-0.1, -0.05) is 30.3 Å². The maximum absolute atomic E-state index is 5.96. The largest absolute Gasteiger partial charge is 0.324 e. The molecule has 0 spiro atoms. The molecule has 0 heterocycles. The van der Waals surface area contributed by atoms with Crippen molar-refractivity contribution in [3.63, 3.8) is 0 Å². The lowest BCUT2D eigenvalue weighted by Crippen LogP contribution is -2.49. The van der Waals surface area contributed by atoms with E-state index in [0.29, 0.717) is 0 Å². The average molecular weight is 206 g/mol. The van der Waals surface area contributed by atoms with Gasteiger partial charge < -0.3 is 11.1 Å². The molecule has 0 aliphatic heterocycles. The topological polar surface area (TPSA) is 38.0 Å². The number of nitrogens with two attached hydrogens (primary N) is 1. The Morgan fingerprint density at radius 1 is 1.07 bits per heavy atom. The molecule has 0 saturated carbocycles. The van der Waals surface area contributed by atoms with Crippen molar-refractivity contribution < 1.29 is 0 Å². The van der Waals surface area contributed by atoms with Crippen LogP contribution in [0.2, 0.25) is 0 Å². The molecule has 0 aliphatic rings.